The maximum Gasteiger partial charge on any atom is 0.573 e. The molecular weight excluding hydrogens is 311 g/mol. The number of hydrogen-bond donors (Lipinski definition) is 2. The van der Waals surface area contributed by atoms with E-state index in [1.807, 2.05) is 20.8 Å². The standard InChI is InChI=1S/C16H22F3NO3/c1-10(20-14(22)9-13(21)15(2,3)4)11-6-5-7-12(8-11)23-16(17,18)19/h5-8,10,13,21H,9H2,1-4H3,(H,20,22)/t10-,13?/m0/s1. The Balaban J connectivity index is 2.69. The summed E-state index contributed by atoms with van der Waals surface area (Å²) >= 11 is 0. The van der Waals surface area contributed by atoms with Crippen LogP contribution in [0, 0.1) is 5.41 Å². The van der Waals surface area contributed by atoms with Crippen molar-refractivity contribution in [3.8, 4) is 5.75 Å². The predicted molar refractivity (Wildman–Crippen MR) is 79.8 cm³/mol. The summed E-state index contributed by atoms with van der Waals surface area (Å²) in [6.45, 7) is 7.08. The van der Waals surface area contributed by atoms with Crippen LogP contribution in [0.5, 0.6) is 5.75 Å². The highest BCUT2D eigenvalue weighted by Crippen LogP contribution is 2.26. The molecule has 1 aromatic rings. The molecule has 0 aliphatic carbocycles. The van der Waals surface area contributed by atoms with Gasteiger partial charge in [-0.25, -0.2) is 0 Å². The second-order valence-corrected chi connectivity index (χ2v) is 6.50. The molecule has 130 valence electrons. The number of benzene rings is 1. The fourth-order valence-corrected chi connectivity index (χ4v) is 1.85. The van der Waals surface area contributed by atoms with E-state index in [2.05, 4.69) is 10.1 Å². The van der Waals surface area contributed by atoms with Gasteiger partial charge in [0.2, 0.25) is 5.91 Å². The van der Waals surface area contributed by atoms with Crippen LogP contribution in [0.4, 0.5) is 13.2 Å². The number of nitrogens with one attached hydrogen (secondary N) is 1. The van der Waals surface area contributed by atoms with Crippen LogP contribution in [0.25, 0.3) is 0 Å². The lowest BCUT2D eigenvalue weighted by Gasteiger charge is -2.26. The average molecular weight is 333 g/mol. The normalized spacial score (nSPS) is 15.0. The minimum atomic E-state index is -4.76. The first-order chi connectivity index (χ1) is 10.4. The molecule has 1 amide bonds. The fraction of sp³-hybridized carbons (Fsp3) is 0.562. The summed E-state index contributed by atoms with van der Waals surface area (Å²) in [7, 11) is 0. The number of halogens is 3. The number of ether oxygens (including phenoxy) is 1. The van der Waals surface area contributed by atoms with Gasteiger partial charge >= 0.3 is 6.36 Å². The quantitative estimate of drug-likeness (QED) is 0.866. The molecule has 0 aliphatic heterocycles. The maximum atomic E-state index is 12.2. The molecule has 0 saturated heterocycles. The molecule has 1 unspecified atom stereocenters. The summed E-state index contributed by atoms with van der Waals surface area (Å²) in [5.74, 6) is -0.715. The maximum absolute atomic E-state index is 12.2. The van der Waals surface area contributed by atoms with Gasteiger partial charge in [-0.3, -0.25) is 4.79 Å². The van der Waals surface area contributed by atoms with Crippen molar-refractivity contribution in [1.82, 2.24) is 5.32 Å². The number of hydrogen-bond acceptors (Lipinski definition) is 3. The number of rotatable bonds is 5. The number of carbonyl (C=O) groups excluding carboxylic acids is 1. The smallest absolute Gasteiger partial charge is 0.406 e. The third-order valence-electron chi connectivity index (χ3n) is 3.35. The van der Waals surface area contributed by atoms with Crippen molar-refractivity contribution in [2.45, 2.75) is 52.6 Å². The van der Waals surface area contributed by atoms with Crippen LogP contribution in [0.2, 0.25) is 0 Å². The first-order valence-electron chi connectivity index (χ1n) is 7.21. The first-order valence-corrected chi connectivity index (χ1v) is 7.21. The zero-order valence-corrected chi connectivity index (χ0v) is 13.6. The van der Waals surface area contributed by atoms with Crippen molar-refractivity contribution in [2.24, 2.45) is 5.41 Å². The lowest BCUT2D eigenvalue weighted by atomic mass is 9.87. The van der Waals surface area contributed by atoms with E-state index >= 15 is 0 Å². The second kappa shape index (κ2) is 7.21. The summed E-state index contributed by atoms with van der Waals surface area (Å²) in [4.78, 5) is 11.9. The van der Waals surface area contributed by atoms with Crippen LogP contribution in [-0.2, 0) is 4.79 Å². The molecule has 0 heterocycles. The van der Waals surface area contributed by atoms with E-state index < -0.39 is 23.9 Å². The van der Waals surface area contributed by atoms with Gasteiger partial charge in [0, 0.05) is 0 Å². The third kappa shape index (κ3) is 6.90. The van der Waals surface area contributed by atoms with E-state index in [0.29, 0.717) is 5.56 Å². The molecule has 1 rings (SSSR count). The summed E-state index contributed by atoms with van der Waals surface area (Å²) in [5.41, 5.74) is 0.0477. The Labute approximate surface area is 133 Å². The Kier molecular flexibility index (Phi) is 6.04. The molecule has 0 aliphatic rings. The van der Waals surface area contributed by atoms with Crippen LogP contribution < -0.4 is 10.1 Å². The molecule has 7 heteroatoms. The monoisotopic (exact) mass is 333 g/mol. The van der Waals surface area contributed by atoms with E-state index in [-0.39, 0.29) is 18.1 Å². The molecule has 0 bridgehead atoms. The molecular formula is C16H22F3NO3. The average Bonchev–Trinajstić information content (AvgIpc) is 2.35. The largest absolute Gasteiger partial charge is 0.573 e. The van der Waals surface area contributed by atoms with Gasteiger partial charge in [0.15, 0.2) is 0 Å². The van der Waals surface area contributed by atoms with Gasteiger partial charge < -0.3 is 15.2 Å². The topological polar surface area (TPSA) is 58.6 Å². The number of carbonyl (C=O) groups is 1. The van der Waals surface area contributed by atoms with Gasteiger partial charge in [-0.15, -0.1) is 13.2 Å². The number of aliphatic hydroxyl groups is 1. The Hall–Kier alpha value is -1.76. The first kappa shape index (κ1) is 19.3. The minimum absolute atomic E-state index is 0.0768. The lowest BCUT2D eigenvalue weighted by molar-refractivity contribution is -0.274. The van der Waals surface area contributed by atoms with Crippen LogP contribution in [-0.4, -0.2) is 23.5 Å². The molecule has 0 fully saturated rings. The van der Waals surface area contributed by atoms with Gasteiger partial charge in [0.05, 0.1) is 18.6 Å². The molecule has 0 saturated carbocycles. The van der Waals surface area contributed by atoms with Crippen molar-refractivity contribution in [2.75, 3.05) is 0 Å². The Bertz CT molecular complexity index is 538. The molecule has 2 N–H and O–H groups in total. The predicted octanol–water partition coefficient (Wildman–Crippen LogP) is 3.56. The van der Waals surface area contributed by atoms with Gasteiger partial charge in [0.1, 0.15) is 5.75 Å². The molecule has 1 aromatic carbocycles. The van der Waals surface area contributed by atoms with Gasteiger partial charge in [0.25, 0.3) is 0 Å². The molecule has 0 spiro atoms. The van der Waals surface area contributed by atoms with Crippen LogP contribution in [0.1, 0.15) is 45.7 Å². The minimum Gasteiger partial charge on any atom is -0.406 e. The summed E-state index contributed by atoms with van der Waals surface area (Å²) in [5, 5.41) is 12.6. The van der Waals surface area contributed by atoms with Crippen molar-refractivity contribution in [1.29, 1.82) is 0 Å². The Morgan fingerprint density at radius 2 is 1.91 bits per heavy atom. The van der Waals surface area contributed by atoms with Crippen molar-refractivity contribution in [3.63, 3.8) is 0 Å². The van der Waals surface area contributed by atoms with Crippen molar-refractivity contribution in [3.05, 3.63) is 29.8 Å². The van der Waals surface area contributed by atoms with Crippen molar-refractivity contribution >= 4 is 5.91 Å². The van der Waals surface area contributed by atoms with Crippen LogP contribution in [0.15, 0.2) is 24.3 Å². The molecule has 2 atom stereocenters. The third-order valence-corrected chi connectivity index (χ3v) is 3.35. The Morgan fingerprint density at radius 3 is 2.43 bits per heavy atom. The number of aliphatic hydroxyl groups excluding tert-OH is 1. The van der Waals surface area contributed by atoms with Crippen molar-refractivity contribution < 1.29 is 27.8 Å². The summed E-state index contributed by atoms with van der Waals surface area (Å²) in [6.07, 6.45) is -5.65. The zero-order valence-electron chi connectivity index (χ0n) is 13.6. The molecule has 0 aromatic heterocycles. The molecule has 4 nitrogen and oxygen atoms in total. The van der Waals surface area contributed by atoms with Crippen LogP contribution in [0.3, 0.4) is 0 Å². The lowest BCUT2D eigenvalue weighted by Crippen LogP contribution is -2.35. The number of amides is 1. The van der Waals surface area contributed by atoms with E-state index in [1.54, 1.807) is 13.0 Å². The zero-order chi connectivity index (χ0) is 17.8. The second-order valence-electron chi connectivity index (χ2n) is 6.50. The number of alkyl halides is 3. The summed E-state index contributed by atoms with van der Waals surface area (Å²) < 4.78 is 40.5. The van der Waals surface area contributed by atoms with E-state index in [0.717, 1.165) is 0 Å². The van der Waals surface area contributed by atoms with Gasteiger partial charge in [-0.2, -0.15) is 0 Å². The Morgan fingerprint density at radius 1 is 1.30 bits per heavy atom. The molecule has 0 radical (unpaired) electrons. The highest BCUT2D eigenvalue weighted by molar-refractivity contribution is 5.77. The highest BCUT2D eigenvalue weighted by atomic mass is 19.4. The highest BCUT2D eigenvalue weighted by Gasteiger charge is 2.31. The molecule has 23 heavy (non-hydrogen) atoms. The van der Waals surface area contributed by atoms with Gasteiger partial charge in [-0.1, -0.05) is 32.9 Å². The summed E-state index contributed by atoms with van der Waals surface area (Å²) in [6, 6.07) is 4.91. The van der Waals surface area contributed by atoms with E-state index in [1.165, 1.54) is 18.2 Å². The fourth-order valence-electron chi connectivity index (χ4n) is 1.85. The van der Waals surface area contributed by atoms with Crippen LogP contribution >= 0.6 is 0 Å². The van der Waals surface area contributed by atoms with Gasteiger partial charge in [-0.05, 0) is 30.0 Å². The van der Waals surface area contributed by atoms with E-state index in [4.69, 9.17) is 0 Å². The SMILES string of the molecule is C[C@H](NC(=O)CC(O)C(C)(C)C)c1cccc(OC(F)(F)F)c1. The van der Waals surface area contributed by atoms with E-state index in [9.17, 15) is 23.1 Å².